The van der Waals surface area contributed by atoms with Gasteiger partial charge in [0.25, 0.3) is 0 Å². The third kappa shape index (κ3) is 4.75. The van der Waals surface area contributed by atoms with Crippen molar-refractivity contribution >= 4 is 11.7 Å². The maximum atomic E-state index is 13.7. The third-order valence-corrected chi connectivity index (χ3v) is 6.26. The lowest BCUT2D eigenvalue weighted by atomic mass is 9.96. The van der Waals surface area contributed by atoms with Gasteiger partial charge in [0.05, 0.1) is 17.9 Å². The Hall–Kier alpha value is -4.13. The number of urea groups is 1. The number of nitrogens with one attached hydrogen (secondary N) is 1. The maximum Gasteiger partial charge on any atom is 0.322 e. The summed E-state index contributed by atoms with van der Waals surface area (Å²) in [6.45, 7) is 4.45. The van der Waals surface area contributed by atoms with E-state index >= 15 is 0 Å². The smallest absolute Gasteiger partial charge is 0.320 e. The molecule has 2 aromatic heterocycles. The van der Waals surface area contributed by atoms with Crippen LogP contribution in [0.3, 0.4) is 0 Å². The monoisotopic (exact) mass is 467 g/mol. The van der Waals surface area contributed by atoms with Crippen LogP contribution in [0.1, 0.15) is 35.5 Å². The second kappa shape index (κ2) is 9.62. The third-order valence-electron chi connectivity index (χ3n) is 6.26. The zero-order chi connectivity index (χ0) is 24.4. The van der Waals surface area contributed by atoms with Crippen LogP contribution in [-0.2, 0) is 13.0 Å². The molecule has 1 atom stereocenters. The van der Waals surface area contributed by atoms with Gasteiger partial charge in [0.2, 0.25) is 0 Å². The summed E-state index contributed by atoms with van der Waals surface area (Å²) in [4.78, 5) is 28.9. The van der Waals surface area contributed by atoms with Crippen molar-refractivity contribution < 1.29 is 9.18 Å². The van der Waals surface area contributed by atoms with E-state index in [0.29, 0.717) is 36.6 Å². The van der Waals surface area contributed by atoms with Crippen LogP contribution in [0, 0.1) is 6.92 Å². The van der Waals surface area contributed by atoms with Crippen molar-refractivity contribution in [3.8, 4) is 22.6 Å². The molecule has 6 nitrogen and oxygen atoms in total. The Morgan fingerprint density at radius 2 is 1.94 bits per heavy atom. The first-order valence-electron chi connectivity index (χ1n) is 11.7. The molecule has 1 unspecified atom stereocenters. The molecule has 2 amide bonds. The Labute approximate surface area is 203 Å². The fourth-order valence-corrected chi connectivity index (χ4v) is 4.34. The van der Waals surface area contributed by atoms with E-state index in [1.165, 1.54) is 6.92 Å². The summed E-state index contributed by atoms with van der Waals surface area (Å²) >= 11 is 0. The van der Waals surface area contributed by atoms with Gasteiger partial charge in [-0.3, -0.25) is 4.98 Å². The van der Waals surface area contributed by atoms with E-state index in [2.05, 4.69) is 23.3 Å². The molecule has 0 saturated carbocycles. The Balaban J connectivity index is 1.49. The summed E-state index contributed by atoms with van der Waals surface area (Å²) < 4.78 is 13.7. The molecule has 35 heavy (non-hydrogen) atoms. The van der Waals surface area contributed by atoms with E-state index in [0.717, 1.165) is 33.6 Å². The largest absolute Gasteiger partial charge is 0.322 e. The number of alkyl halides is 1. The molecular weight excluding hydrogens is 441 g/mol. The van der Waals surface area contributed by atoms with E-state index in [1.54, 1.807) is 41.6 Å². The fourth-order valence-electron chi connectivity index (χ4n) is 4.34. The molecule has 7 heteroatoms. The van der Waals surface area contributed by atoms with Gasteiger partial charge in [0.1, 0.15) is 6.17 Å². The molecule has 0 fully saturated rings. The maximum absolute atomic E-state index is 13.7. The molecule has 1 aliphatic rings. The number of pyridine rings is 1. The van der Waals surface area contributed by atoms with Crippen molar-refractivity contribution in [1.82, 2.24) is 19.9 Å². The highest BCUT2D eigenvalue weighted by molar-refractivity contribution is 5.89. The summed E-state index contributed by atoms with van der Waals surface area (Å²) in [7, 11) is 0. The summed E-state index contributed by atoms with van der Waals surface area (Å²) in [5.74, 6) is 0.630. The number of carbonyl (C=O) groups excluding carboxylic acids is 1. The number of aryl methyl sites for hydroxylation is 1. The normalized spacial score (nSPS) is 13.7. The molecule has 2 aromatic carbocycles. The molecule has 0 bridgehead atoms. The Kier molecular flexibility index (Phi) is 6.23. The molecule has 1 aliphatic heterocycles. The lowest BCUT2D eigenvalue weighted by Gasteiger charge is -2.30. The highest BCUT2D eigenvalue weighted by atomic mass is 19.1. The minimum Gasteiger partial charge on any atom is -0.320 e. The van der Waals surface area contributed by atoms with Crippen LogP contribution < -0.4 is 5.32 Å². The van der Waals surface area contributed by atoms with Crippen LogP contribution in [0.15, 0.2) is 73.1 Å². The molecule has 3 heterocycles. The van der Waals surface area contributed by atoms with Crippen LogP contribution in [0.5, 0.6) is 0 Å². The zero-order valence-corrected chi connectivity index (χ0v) is 19.7. The predicted octanol–water partition coefficient (Wildman–Crippen LogP) is 6.13. The number of rotatable bonds is 4. The van der Waals surface area contributed by atoms with Crippen molar-refractivity contribution in [2.24, 2.45) is 0 Å². The Morgan fingerprint density at radius 1 is 1.09 bits per heavy atom. The van der Waals surface area contributed by atoms with Crippen molar-refractivity contribution in [2.45, 2.75) is 33.0 Å². The fraction of sp³-hybridized carbons (Fsp3) is 0.214. The first-order valence-corrected chi connectivity index (χ1v) is 11.7. The van der Waals surface area contributed by atoms with Crippen molar-refractivity contribution in [2.75, 3.05) is 11.9 Å². The molecule has 0 spiro atoms. The molecule has 4 aromatic rings. The van der Waals surface area contributed by atoms with Gasteiger partial charge in [-0.15, -0.1) is 0 Å². The minimum atomic E-state index is -1.10. The topological polar surface area (TPSA) is 71.0 Å². The lowest BCUT2D eigenvalue weighted by Crippen LogP contribution is -2.39. The van der Waals surface area contributed by atoms with Crippen LogP contribution in [0.4, 0.5) is 14.9 Å². The van der Waals surface area contributed by atoms with Crippen LogP contribution in [-0.4, -0.2) is 32.4 Å². The van der Waals surface area contributed by atoms with Gasteiger partial charge >= 0.3 is 6.03 Å². The van der Waals surface area contributed by atoms with Gasteiger partial charge in [-0.25, -0.2) is 19.2 Å². The van der Waals surface area contributed by atoms with Gasteiger partial charge in [0.15, 0.2) is 5.82 Å². The number of aromatic nitrogens is 3. The van der Waals surface area contributed by atoms with Crippen LogP contribution >= 0.6 is 0 Å². The van der Waals surface area contributed by atoms with E-state index in [-0.39, 0.29) is 6.03 Å². The standard InChI is InChI=1S/C28H26FN5O/c1-18-7-3-4-11-23(18)26-24-17-34(28(35)31-22-10-5-8-20(15-22)19(2)29)14-12-25(24)32-27(33-26)21-9-6-13-30-16-21/h3-11,13,15-16,19H,12,14,17H2,1-2H3,(H,31,35). The van der Waals surface area contributed by atoms with E-state index in [9.17, 15) is 9.18 Å². The number of nitrogens with zero attached hydrogens (tertiary/aromatic N) is 4. The quantitative estimate of drug-likeness (QED) is 0.392. The first-order chi connectivity index (χ1) is 17.0. The number of benzene rings is 2. The van der Waals surface area contributed by atoms with Crippen LogP contribution in [0.25, 0.3) is 22.6 Å². The SMILES string of the molecule is Cc1ccccc1-c1nc(-c2cccnc2)nc2c1CN(C(=O)Nc1cccc(C(C)F)c1)CC2. The molecule has 176 valence electrons. The van der Waals surface area contributed by atoms with Crippen LogP contribution in [0.2, 0.25) is 0 Å². The zero-order valence-electron chi connectivity index (χ0n) is 19.7. The number of fused-ring (bicyclic) bond motifs is 1. The molecule has 0 radical (unpaired) electrons. The average Bonchev–Trinajstić information content (AvgIpc) is 2.88. The van der Waals surface area contributed by atoms with E-state index in [4.69, 9.17) is 9.97 Å². The number of halogens is 1. The van der Waals surface area contributed by atoms with E-state index < -0.39 is 6.17 Å². The molecular formula is C28H26FN5O. The van der Waals surface area contributed by atoms with Crippen molar-refractivity contribution in [1.29, 1.82) is 0 Å². The minimum absolute atomic E-state index is 0.230. The highest BCUT2D eigenvalue weighted by Crippen LogP contribution is 2.32. The number of anilines is 1. The summed E-state index contributed by atoms with van der Waals surface area (Å²) in [6, 6.07) is 18.6. The Morgan fingerprint density at radius 3 is 2.71 bits per heavy atom. The second-order valence-corrected chi connectivity index (χ2v) is 8.72. The molecule has 0 aliphatic carbocycles. The van der Waals surface area contributed by atoms with Gasteiger partial charge in [-0.2, -0.15) is 0 Å². The average molecular weight is 468 g/mol. The summed E-state index contributed by atoms with van der Waals surface area (Å²) in [5.41, 5.74) is 6.79. The number of hydrogen-bond donors (Lipinski definition) is 1. The Bertz CT molecular complexity index is 1370. The van der Waals surface area contributed by atoms with Gasteiger partial charge < -0.3 is 10.2 Å². The number of amides is 2. The number of carbonyl (C=O) groups is 1. The highest BCUT2D eigenvalue weighted by Gasteiger charge is 2.27. The molecule has 0 saturated heterocycles. The first kappa shape index (κ1) is 22.7. The summed E-state index contributed by atoms with van der Waals surface area (Å²) in [5, 5.41) is 2.92. The van der Waals surface area contributed by atoms with Crippen molar-refractivity contribution in [3.63, 3.8) is 0 Å². The molecule has 1 N–H and O–H groups in total. The van der Waals surface area contributed by atoms with Gasteiger partial charge in [-0.1, -0.05) is 36.4 Å². The number of hydrogen-bond acceptors (Lipinski definition) is 4. The van der Waals surface area contributed by atoms with Gasteiger partial charge in [-0.05, 0) is 49.2 Å². The van der Waals surface area contributed by atoms with Gasteiger partial charge in [0, 0.05) is 47.7 Å². The van der Waals surface area contributed by atoms with E-state index in [1.807, 2.05) is 30.3 Å². The second-order valence-electron chi connectivity index (χ2n) is 8.72. The summed E-state index contributed by atoms with van der Waals surface area (Å²) in [6.07, 6.45) is 3.00. The lowest BCUT2D eigenvalue weighted by molar-refractivity contribution is 0.206. The predicted molar refractivity (Wildman–Crippen MR) is 135 cm³/mol. The van der Waals surface area contributed by atoms with Crippen molar-refractivity contribution in [3.05, 3.63) is 95.4 Å². The molecule has 5 rings (SSSR count).